The maximum absolute atomic E-state index is 5.59. The molecule has 2 rings (SSSR count). The molecule has 0 aliphatic carbocycles. The van der Waals surface area contributed by atoms with Gasteiger partial charge in [0.1, 0.15) is 5.75 Å². The number of hydrogen-bond acceptors (Lipinski definition) is 5. The van der Waals surface area contributed by atoms with Crippen LogP contribution in [0.5, 0.6) is 5.75 Å². The first-order valence-corrected chi connectivity index (χ1v) is 6.22. The zero-order valence-corrected chi connectivity index (χ0v) is 11.7. The van der Waals surface area contributed by atoms with Crippen LogP contribution in [-0.4, -0.2) is 17.2 Å². The Hall–Kier alpha value is -2.04. The topological polar surface area (TPSA) is 60.2 Å². The number of rotatable bonds is 4. The fourth-order valence-electron chi connectivity index (χ4n) is 1.48. The van der Waals surface area contributed by atoms with Gasteiger partial charge in [0, 0.05) is 18.2 Å². The zero-order valence-electron chi connectivity index (χ0n) is 11.7. The lowest BCUT2D eigenvalue weighted by Crippen LogP contribution is -2.11. The first kappa shape index (κ1) is 13.4. The standard InChI is InChI=1S/C14H19N3O2/c1-14(2,3)13-17-16-12(19-13)9-18-11-7-5-10(15-4)6-8-11/h5-8,15H,9H2,1-4H3. The van der Waals surface area contributed by atoms with Gasteiger partial charge in [-0.2, -0.15) is 0 Å². The summed E-state index contributed by atoms with van der Waals surface area (Å²) in [5.41, 5.74) is 0.903. The van der Waals surface area contributed by atoms with E-state index in [1.807, 2.05) is 52.1 Å². The monoisotopic (exact) mass is 261 g/mol. The number of nitrogens with zero attached hydrogens (tertiary/aromatic N) is 2. The van der Waals surface area contributed by atoms with Crippen LogP contribution in [0.4, 0.5) is 5.69 Å². The van der Waals surface area contributed by atoms with Crippen molar-refractivity contribution in [1.82, 2.24) is 10.2 Å². The second kappa shape index (κ2) is 5.30. The van der Waals surface area contributed by atoms with E-state index < -0.39 is 0 Å². The summed E-state index contributed by atoms with van der Waals surface area (Å²) >= 11 is 0. The predicted molar refractivity (Wildman–Crippen MR) is 73.3 cm³/mol. The molecule has 1 aromatic carbocycles. The summed E-state index contributed by atoms with van der Waals surface area (Å²) in [6.07, 6.45) is 0. The summed E-state index contributed by atoms with van der Waals surface area (Å²) in [5.74, 6) is 1.88. The molecule has 0 aliphatic rings. The van der Waals surface area contributed by atoms with Crippen molar-refractivity contribution in [2.24, 2.45) is 0 Å². The molecule has 0 spiro atoms. The second-order valence-electron chi connectivity index (χ2n) is 5.31. The summed E-state index contributed by atoms with van der Waals surface area (Å²) in [7, 11) is 1.88. The maximum Gasteiger partial charge on any atom is 0.253 e. The molecular formula is C14H19N3O2. The van der Waals surface area contributed by atoms with Crippen LogP contribution in [0.2, 0.25) is 0 Å². The van der Waals surface area contributed by atoms with Crippen molar-refractivity contribution in [3.63, 3.8) is 0 Å². The maximum atomic E-state index is 5.59. The van der Waals surface area contributed by atoms with Crippen molar-refractivity contribution in [3.8, 4) is 5.75 Å². The number of hydrogen-bond donors (Lipinski definition) is 1. The minimum Gasteiger partial charge on any atom is -0.484 e. The Morgan fingerprint density at radius 2 is 1.84 bits per heavy atom. The molecule has 1 N–H and O–H groups in total. The molecule has 5 heteroatoms. The molecule has 0 amide bonds. The molecule has 2 aromatic rings. The molecule has 0 fully saturated rings. The van der Waals surface area contributed by atoms with Crippen LogP contribution >= 0.6 is 0 Å². The highest BCUT2D eigenvalue weighted by atomic mass is 16.5. The average Bonchev–Trinajstić information content (AvgIpc) is 2.86. The highest BCUT2D eigenvalue weighted by Gasteiger charge is 2.21. The van der Waals surface area contributed by atoms with Gasteiger partial charge in [0.2, 0.25) is 5.89 Å². The van der Waals surface area contributed by atoms with E-state index in [0.29, 0.717) is 11.8 Å². The van der Waals surface area contributed by atoms with Crippen molar-refractivity contribution < 1.29 is 9.15 Å². The summed E-state index contributed by atoms with van der Waals surface area (Å²) in [6.45, 7) is 6.37. The van der Waals surface area contributed by atoms with Crippen molar-refractivity contribution in [2.75, 3.05) is 12.4 Å². The highest BCUT2D eigenvalue weighted by molar-refractivity contribution is 5.45. The normalized spacial score (nSPS) is 11.4. The molecular weight excluding hydrogens is 242 g/mol. The Morgan fingerprint density at radius 1 is 1.16 bits per heavy atom. The largest absolute Gasteiger partial charge is 0.484 e. The van der Waals surface area contributed by atoms with Crippen molar-refractivity contribution in [1.29, 1.82) is 0 Å². The molecule has 0 unspecified atom stereocenters. The van der Waals surface area contributed by atoms with Crippen molar-refractivity contribution >= 4 is 5.69 Å². The van der Waals surface area contributed by atoms with Crippen molar-refractivity contribution in [2.45, 2.75) is 32.8 Å². The Kier molecular flexibility index (Phi) is 3.74. The van der Waals surface area contributed by atoms with Crippen LogP contribution in [0.1, 0.15) is 32.6 Å². The number of aromatic nitrogens is 2. The number of nitrogens with one attached hydrogen (secondary N) is 1. The molecule has 0 saturated heterocycles. The minimum atomic E-state index is -0.139. The van der Waals surface area contributed by atoms with Gasteiger partial charge < -0.3 is 14.5 Å². The van der Waals surface area contributed by atoms with Crippen LogP contribution in [0.15, 0.2) is 28.7 Å². The molecule has 0 radical (unpaired) electrons. The highest BCUT2D eigenvalue weighted by Crippen LogP contribution is 2.21. The van der Waals surface area contributed by atoms with Gasteiger partial charge in [-0.3, -0.25) is 0 Å². The SMILES string of the molecule is CNc1ccc(OCc2nnc(C(C)(C)C)o2)cc1. The van der Waals surface area contributed by atoms with Crippen LogP contribution in [0.3, 0.4) is 0 Å². The van der Waals surface area contributed by atoms with Gasteiger partial charge in [0.05, 0.1) is 0 Å². The Bertz CT molecular complexity index is 526. The fraction of sp³-hybridized carbons (Fsp3) is 0.429. The number of benzene rings is 1. The van der Waals surface area contributed by atoms with Gasteiger partial charge in [-0.05, 0) is 24.3 Å². The van der Waals surface area contributed by atoms with Gasteiger partial charge in [-0.15, -0.1) is 10.2 Å². The molecule has 0 bridgehead atoms. The third-order valence-corrected chi connectivity index (χ3v) is 2.61. The summed E-state index contributed by atoms with van der Waals surface area (Å²) in [6, 6.07) is 7.69. The van der Waals surface area contributed by atoms with Gasteiger partial charge >= 0.3 is 0 Å². The van der Waals surface area contributed by atoms with Crippen LogP contribution in [0.25, 0.3) is 0 Å². The summed E-state index contributed by atoms with van der Waals surface area (Å²) in [5, 5.41) is 11.0. The number of anilines is 1. The minimum absolute atomic E-state index is 0.139. The number of ether oxygens (including phenoxy) is 1. The van der Waals surface area contributed by atoms with Gasteiger partial charge in [-0.25, -0.2) is 0 Å². The molecule has 0 saturated carbocycles. The van der Waals surface area contributed by atoms with E-state index in [1.54, 1.807) is 0 Å². The molecule has 0 aliphatic heterocycles. The summed E-state index contributed by atoms with van der Waals surface area (Å²) < 4.78 is 11.1. The third kappa shape index (κ3) is 3.47. The van der Waals surface area contributed by atoms with E-state index in [-0.39, 0.29) is 12.0 Å². The van der Waals surface area contributed by atoms with E-state index >= 15 is 0 Å². The molecule has 19 heavy (non-hydrogen) atoms. The molecule has 102 valence electrons. The van der Waals surface area contributed by atoms with Crippen LogP contribution in [0, 0.1) is 0 Å². The van der Waals surface area contributed by atoms with Gasteiger partial charge in [0.25, 0.3) is 5.89 Å². The lowest BCUT2D eigenvalue weighted by Gasteiger charge is -2.11. The molecule has 0 atom stereocenters. The Balaban J connectivity index is 1.96. The second-order valence-corrected chi connectivity index (χ2v) is 5.31. The molecule has 1 aromatic heterocycles. The van der Waals surface area contributed by atoms with Gasteiger partial charge in [0.15, 0.2) is 6.61 Å². The van der Waals surface area contributed by atoms with Crippen LogP contribution < -0.4 is 10.1 Å². The zero-order chi connectivity index (χ0) is 13.9. The predicted octanol–water partition coefficient (Wildman–Crippen LogP) is 2.99. The fourth-order valence-corrected chi connectivity index (χ4v) is 1.48. The van der Waals surface area contributed by atoms with Gasteiger partial charge in [-0.1, -0.05) is 20.8 Å². The van der Waals surface area contributed by atoms with Crippen LogP contribution in [-0.2, 0) is 12.0 Å². The quantitative estimate of drug-likeness (QED) is 0.916. The van der Waals surface area contributed by atoms with E-state index in [0.717, 1.165) is 11.4 Å². The molecule has 5 nitrogen and oxygen atoms in total. The lowest BCUT2D eigenvalue weighted by molar-refractivity contribution is 0.251. The molecule has 1 heterocycles. The van der Waals surface area contributed by atoms with E-state index in [1.165, 1.54) is 0 Å². The van der Waals surface area contributed by atoms with E-state index in [4.69, 9.17) is 9.15 Å². The third-order valence-electron chi connectivity index (χ3n) is 2.61. The van der Waals surface area contributed by atoms with Crippen molar-refractivity contribution in [3.05, 3.63) is 36.0 Å². The first-order valence-electron chi connectivity index (χ1n) is 6.22. The smallest absolute Gasteiger partial charge is 0.253 e. The van der Waals surface area contributed by atoms with E-state index in [9.17, 15) is 0 Å². The Morgan fingerprint density at radius 3 is 2.37 bits per heavy atom. The average molecular weight is 261 g/mol. The van der Waals surface area contributed by atoms with E-state index in [2.05, 4.69) is 15.5 Å². The summed E-state index contributed by atoms with van der Waals surface area (Å²) in [4.78, 5) is 0. The first-order chi connectivity index (χ1) is 8.99. The lowest BCUT2D eigenvalue weighted by atomic mass is 9.97. The Labute approximate surface area is 113 Å².